The van der Waals surface area contributed by atoms with Gasteiger partial charge in [-0.1, -0.05) is 19.1 Å². The van der Waals surface area contributed by atoms with Gasteiger partial charge in [-0.25, -0.2) is 4.98 Å². The third-order valence-corrected chi connectivity index (χ3v) is 5.56. The average molecular weight is 517 g/mol. The molecule has 0 bridgehead atoms. The minimum absolute atomic E-state index is 0.280. The second kappa shape index (κ2) is 10.8. The van der Waals surface area contributed by atoms with Crippen LogP contribution in [0.25, 0.3) is 11.2 Å². The Morgan fingerprint density at radius 3 is 2.19 bits per heavy atom. The summed E-state index contributed by atoms with van der Waals surface area (Å²) in [6.07, 6.45) is -1.93. The number of hydrogen-bond acceptors (Lipinski definition) is 8. The molecule has 37 heavy (non-hydrogen) atoms. The number of aromatic nitrogens is 4. The first-order chi connectivity index (χ1) is 17.8. The molecule has 0 spiro atoms. The minimum atomic E-state index is -4.39. The van der Waals surface area contributed by atoms with Crippen molar-refractivity contribution >= 4 is 28.6 Å². The van der Waals surface area contributed by atoms with E-state index >= 15 is 0 Å². The summed E-state index contributed by atoms with van der Waals surface area (Å²) >= 11 is 0. The summed E-state index contributed by atoms with van der Waals surface area (Å²) in [7, 11) is 4.57. The summed E-state index contributed by atoms with van der Waals surface area (Å²) in [5, 5.41) is 6.44. The monoisotopic (exact) mass is 516 g/mol. The predicted molar refractivity (Wildman–Crippen MR) is 134 cm³/mol. The summed E-state index contributed by atoms with van der Waals surface area (Å²) in [5.74, 6) is 2.19. The maximum Gasteiger partial charge on any atom is 0.416 e. The molecule has 2 N–H and O–H groups in total. The molecule has 0 amide bonds. The van der Waals surface area contributed by atoms with Gasteiger partial charge in [0.25, 0.3) is 0 Å². The SMILES string of the molecule is CCCNc1nc(Nc2cc(OC)c(OC)c(OC)c2)nc2c1ncn2Cc1ccc(C(F)(F)F)cc1. The van der Waals surface area contributed by atoms with Crippen LogP contribution in [-0.2, 0) is 12.7 Å². The first-order valence-electron chi connectivity index (χ1n) is 11.5. The summed E-state index contributed by atoms with van der Waals surface area (Å²) in [6.45, 7) is 2.98. The Morgan fingerprint density at radius 2 is 1.62 bits per heavy atom. The largest absolute Gasteiger partial charge is 0.493 e. The van der Waals surface area contributed by atoms with Crippen LogP contribution in [0.4, 0.5) is 30.6 Å². The zero-order valence-electron chi connectivity index (χ0n) is 20.8. The van der Waals surface area contributed by atoms with Crippen LogP contribution < -0.4 is 24.8 Å². The fourth-order valence-electron chi connectivity index (χ4n) is 3.76. The number of nitrogens with zero attached hydrogens (tertiary/aromatic N) is 4. The molecule has 0 fully saturated rings. The van der Waals surface area contributed by atoms with Gasteiger partial charge in [0.05, 0.1) is 39.8 Å². The van der Waals surface area contributed by atoms with Crippen molar-refractivity contribution in [3.05, 3.63) is 53.9 Å². The van der Waals surface area contributed by atoms with Crippen LogP contribution in [0.2, 0.25) is 0 Å². The van der Waals surface area contributed by atoms with Gasteiger partial charge in [0.15, 0.2) is 28.5 Å². The molecule has 196 valence electrons. The number of imidazole rings is 1. The van der Waals surface area contributed by atoms with Crippen molar-refractivity contribution in [2.75, 3.05) is 38.5 Å². The third-order valence-electron chi connectivity index (χ3n) is 5.56. The molecule has 4 aromatic rings. The highest BCUT2D eigenvalue weighted by atomic mass is 19.4. The van der Waals surface area contributed by atoms with Crippen molar-refractivity contribution in [1.82, 2.24) is 19.5 Å². The molecule has 0 aliphatic heterocycles. The molecule has 0 saturated carbocycles. The number of halogens is 3. The van der Waals surface area contributed by atoms with Crippen molar-refractivity contribution in [1.29, 1.82) is 0 Å². The van der Waals surface area contributed by atoms with Gasteiger partial charge in [0.1, 0.15) is 0 Å². The fourth-order valence-corrected chi connectivity index (χ4v) is 3.76. The molecule has 0 aliphatic rings. The molecular weight excluding hydrogens is 489 g/mol. The van der Waals surface area contributed by atoms with Crippen molar-refractivity contribution in [2.24, 2.45) is 0 Å². The van der Waals surface area contributed by atoms with E-state index in [0.717, 1.165) is 18.6 Å². The minimum Gasteiger partial charge on any atom is -0.493 e. The van der Waals surface area contributed by atoms with Crippen LogP contribution in [-0.4, -0.2) is 47.4 Å². The van der Waals surface area contributed by atoms with Crippen LogP contribution in [0.3, 0.4) is 0 Å². The molecule has 2 heterocycles. The van der Waals surface area contributed by atoms with E-state index < -0.39 is 11.7 Å². The quantitative estimate of drug-likeness (QED) is 0.286. The lowest BCUT2D eigenvalue weighted by molar-refractivity contribution is -0.137. The summed E-state index contributed by atoms with van der Waals surface area (Å²) in [6, 6.07) is 8.48. The maximum atomic E-state index is 12.9. The first kappa shape index (κ1) is 25.9. The Labute approximate surface area is 211 Å². The van der Waals surface area contributed by atoms with Gasteiger partial charge < -0.3 is 29.4 Å². The summed E-state index contributed by atoms with van der Waals surface area (Å²) < 4.78 is 56.8. The van der Waals surface area contributed by atoms with Crippen molar-refractivity contribution in [3.8, 4) is 17.2 Å². The lowest BCUT2D eigenvalue weighted by Crippen LogP contribution is -2.08. The van der Waals surface area contributed by atoms with E-state index in [1.54, 1.807) is 23.0 Å². The van der Waals surface area contributed by atoms with E-state index in [1.807, 2.05) is 6.92 Å². The number of ether oxygens (including phenoxy) is 3. The normalized spacial score (nSPS) is 11.4. The van der Waals surface area contributed by atoms with Crippen LogP contribution in [0.15, 0.2) is 42.7 Å². The molecule has 0 atom stereocenters. The van der Waals surface area contributed by atoms with Gasteiger partial charge in [-0.3, -0.25) is 0 Å². The molecule has 0 radical (unpaired) electrons. The summed E-state index contributed by atoms with van der Waals surface area (Å²) in [4.78, 5) is 13.7. The zero-order valence-corrected chi connectivity index (χ0v) is 20.8. The smallest absolute Gasteiger partial charge is 0.416 e. The van der Waals surface area contributed by atoms with Gasteiger partial charge in [-0.15, -0.1) is 0 Å². The molecule has 0 aliphatic carbocycles. The molecule has 2 aromatic carbocycles. The standard InChI is InChI=1S/C25H27F3N6O3/c1-5-10-29-22-20-23(34(14-30-20)13-15-6-8-16(9-7-15)25(26,27)28)33-24(32-22)31-17-11-18(35-2)21(37-4)19(12-17)36-3/h6-9,11-12,14H,5,10,13H2,1-4H3,(H2,29,31,32,33). The van der Waals surface area contributed by atoms with E-state index in [0.29, 0.717) is 52.0 Å². The molecule has 0 unspecified atom stereocenters. The molecule has 9 nitrogen and oxygen atoms in total. The second-order valence-electron chi connectivity index (χ2n) is 8.10. The molecular formula is C25H27F3N6O3. The van der Waals surface area contributed by atoms with E-state index in [1.165, 1.54) is 33.5 Å². The highest BCUT2D eigenvalue weighted by Gasteiger charge is 2.30. The highest BCUT2D eigenvalue weighted by Crippen LogP contribution is 2.40. The number of fused-ring (bicyclic) bond motifs is 1. The molecule has 2 aromatic heterocycles. The Bertz CT molecular complexity index is 1350. The number of hydrogen-bond donors (Lipinski definition) is 2. The average Bonchev–Trinajstić information content (AvgIpc) is 3.28. The van der Waals surface area contributed by atoms with Gasteiger partial charge >= 0.3 is 6.18 Å². The zero-order chi connectivity index (χ0) is 26.6. The number of alkyl halides is 3. The van der Waals surface area contributed by atoms with Crippen molar-refractivity contribution < 1.29 is 27.4 Å². The maximum absolute atomic E-state index is 12.9. The number of nitrogens with one attached hydrogen (secondary N) is 2. The third kappa shape index (κ3) is 5.63. The Morgan fingerprint density at radius 1 is 0.946 bits per heavy atom. The van der Waals surface area contributed by atoms with Crippen LogP contribution >= 0.6 is 0 Å². The lowest BCUT2D eigenvalue weighted by atomic mass is 10.1. The van der Waals surface area contributed by atoms with Gasteiger partial charge in [0.2, 0.25) is 11.7 Å². The fraction of sp³-hybridized carbons (Fsp3) is 0.320. The number of anilines is 3. The van der Waals surface area contributed by atoms with E-state index in [9.17, 15) is 13.2 Å². The van der Waals surface area contributed by atoms with E-state index in [4.69, 9.17) is 14.2 Å². The van der Waals surface area contributed by atoms with Gasteiger partial charge in [-0.2, -0.15) is 23.1 Å². The van der Waals surface area contributed by atoms with Crippen LogP contribution in [0.1, 0.15) is 24.5 Å². The number of rotatable bonds is 10. The second-order valence-corrected chi connectivity index (χ2v) is 8.10. The topological polar surface area (TPSA) is 95.4 Å². The van der Waals surface area contributed by atoms with Gasteiger partial charge in [0, 0.05) is 24.4 Å². The lowest BCUT2D eigenvalue weighted by Gasteiger charge is -2.15. The van der Waals surface area contributed by atoms with Crippen LogP contribution in [0.5, 0.6) is 17.2 Å². The number of benzene rings is 2. The van der Waals surface area contributed by atoms with Crippen molar-refractivity contribution in [3.63, 3.8) is 0 Å². The Balaban J connectivity index is 1.71. The summed E-state index contributed by atoms with van der Waals surface area (Å²) in [5.41, 5.74) is 1.65. The van der Waals surface area contributed by atoms with Gasteiger partial charge in [-0.05, 0) is 24.1 Å². The first-order valence-corrected chi connectivity index (χ1v) is 11.5. The molecule has 0 saturated heterocycles. The molecule has 4 rings (SSSR count). The Kier molecular flexibility index (Phi) is 7.55. The van der Waals surface area contributed by atoms with Crippen molar-refractivity contribution in [2.45, 2.75) is 26.1 Å². The van der Waals surface area contributed by atoms with E-state index in [-0.39, 0.29) is 12.5 Å². The van der Waals surface area contributed by atoms with E-state index in [2.05, 4.69) is 25.6 Å². The number of methoxy groups -OCH3 is 3. The Hall–Kier alpha value is -4.22. The highest BCUT2D eigenvalue weighted by molar-refractivity contribution is 5.85. The van der Waals surface area contributed by atoms with Crippen LogP contribution in [0, 0.1) is 0 Å². The molecule has 12 heteroatoms. The predicted octanol–water partition coefficient (Wildman–Crippen LogP) is 5.48.